The van der Waals surface area contributed by atoms with E-state index in [1.807, 2.05) is 0 Å². The largest absolute Gasteiger partial charge is 0.337 e. The van der Waals surface area contributed by atoms with Gasteiger partial charge in [0.1, 0.15) is 0 Å². The summed E-state index contributed by atoms with van der Waals surface area (Å²) in [6.45, 7) is 0.792. The SMILES string of the molecule is Cl.N[C@H]1CCN(C(=O)c2cc(F)c(F)c(F)c2)C1. The molecule has 2 N–H and O–H groups in total. The molecule has 1 aromatic carbocycles. The summed E-state index contributed by atoms with van der Waals surface area (Å²) in [5.74, 6) is -4.83. The van der Waals surface area contributed by atoms with E-state index in [0.29, 0.717) is 31.6 Å². The Morgan fingerprint density at radius 1 is 1.28 bits per heavy atom. The molecule has 0 bridgehead atoms. The number of carbonyl (C=O) groups is 1. The van der Waals surface area contributed by atoms with Crippen molar-refractivity contribution in [3.63, 3.8) is 0 Å². The topological polar surface area (TPSA) is 46.3 Å². The Morgan fingerprint density at radius 2 is 1.83 bits per heavy atom. The Labute approximate surface area is 108 Å². The molecule has 2 rings (SSSR count). The minimum atomic E-state index is -1.57. The van der Waals surface area contributed by atoms with Crippen LogP contribution in [0.3, 0.4) is 0 Å². The van der Waals surface area contributed by atoms with E-state index in [4.69, 9.17) is 5.73 Å². The zero-order chi connectivity index (χ0) is 12.6. The molecule has 7 heteroatoms. The highest BCUT2D eigenvalue weighted by atomic mass is 35.5. The summed E-state index contributed by atoms with van der Waals surface area (Å²) in [7, 11) is 0. The van der Waals surface area contributed by atoms with Crippen molar-refractivity contribution in [3.05, 3.63) is 35.1 Å². The maximum absolute atomic E-state index is 13.0. The van der Waals surface area contributed by atoms with E-state index in [0.717, 1.165) is 0 Å². The van der Waals surface area contributed by atoms with E-state index in [1.165, 1.54) is 4.90 Å². The Kier molecular flexibility index (Phi) is 4.59. The number of nitrogens with zero attached hydrogens (tertiary/aromatic N) is 1. The molecule has 0 aromatic heterocycles. The lowest BCUT2D eigenvalue weighted by molar-refractivity contribution is 0.0789. The Hall–Kier alpha value is -1.27. The Bertz CT molecular complexity index is 447. The molecule has 0 aliphatic carbocycles. The fraction of sp³-hybridized carbons (Fsp3) is 0.364. The molecule has 1 aromatic rings. The van der Waals surface area contributed by atoms with Crippen molar-refractivity contribution in [2.24, 2.45) is 5.73 Å². The van der Waals surface area contributed by atoms with Crippen LogP contribution in [0.15, 0.2) is 12.1 Å². The fourth-order valence-electron chi connectivity index (χ4n) is 1.83. The molecule has 0 unspecified atom stereocenters. The van der Waals surface area contributed by atoms with Crippen LogP contribution in [-0.2, 0) is 0 Å². The van der Waals surface area contributed by atoms with E-state index in [2.05, 4.69) is 0 Å². The molecular formula is C11H12ClF3N2O. The van der Waals surface area contributed by atoms with Gasteiger partial charge >= 0.3 is 0 Å². The van der Waals surface area contributed by atoms with Crippen LogP contribution >= 0.6 is 12.4 Å². The number of likely N-dealkylation sites (tertiary alicyclic amines) is 1. The van der Waals surface area contributed by atoms with Crippen LogP contribution < -0.4 is 5.73 Å². The maximum Gasteiger partial charge on any atom is 0.254 e. The van der Waals surface area contributed by atoms with Gasteiger partial charge in [-0.1, -0.05) is 0 Å². The van der Waals surface area contributed by atoms with Crippen molar-refractivity contribution in [1.29, 1.82) is 0 Å². The van der Waals surface area contributed by atoms with E-state index >= 15 is 0 Å². The molecule has 1 fully saturated rings. The van der Waals surface area contributed by atoms with Crippen molar-refractivity contribution in [2.45, 2.75) is 12.5 Å². The average molecular weight is 281 g/mol. The smallest absolute Gasteiger partial charge is 0.254 e. The number of nitrogens with two attached hydrogens (primary N) is 1. The Balaban J connectivity index is 0.00000162. The zero-order valence-corrected chi connectivity index (χ0v) is 10.1. The van der Waals surface area contributed by atoms with Gasteiger partial charge in [-0.15, -0.1) is 12.4 Å². The summed E-state index contributed by atoms with van der Waals surface area (Å²) in [4.78, 5) is 13.2. The van der Waals surface area contributed by atoms with Gasteiger partial charge in [-0.05, 0) is 18.6 Å². The van der Waals surface area contributed by atoms with Crippen LogP contribution in [0.1, 0.15) is 16.8 Å². The molecule has 0 radical (unpaired) electrons. The molecule has 1 aliphatic heterocycles. The van der Waals surface area contributed by atoms with Gasteiger partial charge in [0.2, 0.25) is 0 Å². The van der Waals surface area contributed by atoms with E-state index in [1.54, 1.807) is 0 Å². The summed E-state index contributed by atoms with van der Waals surface area (Å²) in [5.41, 5.74) is 5.42. The number of halogens is 4. The predicted molar refractivity (Wildman–Crippen MR) is 62.1 cm³/mol. The highest BCUT2D eigenvalue weighted by Gasteiger charge is 2.26. The van der Waals surface area contributed by atoms with Crippen molar-refractivity contribution in [3.8, 4) is 0 Å². The van der Waals surface area contributed by atoms with Gasteiger partial charge in [-0.25, -0.2) is 13.2 Å². The molecular weight excluding hydrogens is 269 g/mol. The number of amides is 1. The normalized spacial score (nSPS) is 18.7. The third-order valence-corrected chi connectivity index (χ3v) is 2.74. The molecule has 1 heterocycles. The number of hydrogen-bond acceptors (Lipinski definition) is 2. The highest BCUT2D eigenvalue weighted by Crippen LogP contribution is 2.17. The van der Waals surface area contributed by atoms with E-state index in [-0.39, 0.29) is 24.0 Å². The first-order valence-corrected chi connectivity index (χ1v) is 5.18. The van der Waals surface area contributed by atoms with Gasteiger partial charge in [0.05, 0.1) is 0 Å². The Morgan fingerprint density at radius 3 is 2.28 bits per heavy atom. The van der Waals surface area contributed by atoms with Gasteiger partial charge < -0.3 is 10.6 Å². The molecule has 0 spiro atoms. The van der Waals surface area contributed by atoms with Gasteiger partial charge in [-0.2, -0.15) is 0 Å². The molecule has 3 nitrogen and oxygen atoms in total. The van der Waals surface area contributed by atoms with Crippen molar-refractivity contribution in [2.75, 3.05) is 13.1 Å². The van der Waals surface area contributed by atoms with Gasteiger partial charge in [0.25, 0.3) is 5.91 Å². The van der Waals surface area contributed by atoms with Crippen LogP contribution in [0.2, 0.25) is 0 Å². The van der Waals surface area contributed by atoms with Gasteiger partial charge in [0, 0.05) is 24.7 Å². The predicted octanol–water partition coefficient (Wildman–Crippen LogP) is 1.70. The third-order valence-electron chi connectivity index (χ3n) is 2.74. The summed E-state index contributed by atoms with van der Waals surface area (Å²) >= 11 is 0. The van der Waals surface area contributed by atoms with Crippen molar-refractivity contribution in [1.82, 2.24) is 4.90 Å². The average Bonchev–Trinajstić information content (AvgIpc) is 2.71. The molecule has 1 saturated heterocycles. The van der Waals surface area contributed by atoms with Crippen LogP contribution in [0.4, 0.5) is 13.2 Å². The summed E-state index contributed by atoms with van der Waals surface area (Å²) in [6, 6.07) is 1.28. The summed E-state index contributed by atoms with van der Waals surface area (Å²) < 4.78 is 38.6. The summed E-state index contributed by atoms with van der Waals surface area (Å²) in [6.07, 6.45) is 0.651. The standard InChI is InChI=1S/C11H11F3N2O.ClH/c12-8-3-6(4-9(13)10(8)14)11(17)16-2-1-7(15)5-16;/h3-4,7H,1-2,5,15H2;1H/t7-;/m0./s1. The number of hydrogen-bond donors (Lipinski definition) is 1. The lowest BCUT2D eigenvalue weighted by atomic mass is 10.2. The van der Waals surface area contributed by atoms with Crippen molar-refractivity contribution < 1.29 is 18.0 Å². The number of benzene rings is 1. The van der Waals surface area contributed by atoms with Gasteiger partial charge in [0.15, 0.2) is 17.5 Å². The maximum atomic E-state index is 13.0. The number of carbonyl (C=O) groups excluding carboxylic acids is 1. The summed E-state index contributed by atoms with van der Waals surface area (Å²) in [5, 5.41) is 0. The molecule has 100 valence electrons. The minimum absolute atomic E-state index is 0. The van der Waals surface area contributed by atoms with Gasteiger partial charge in [-0.3, -0.25) is 4.79 Å². The fourth-order valence-corrected chi connectivity index (χ4v) is 1.83. The first-order chi connectivity index (χ1) is 7.99. The first kappa shape index (κ1) is 14.8. The lowest BCUT2D eigenvalue weighted by Gasteiger charge is -2.15. The number of rotatable bonds is 1. The molecule has 18 heavy (non-hydrogen) atoms. The van der Waals surface area contributed by atoms with Crippen LogP contribution in [0.5, 0.6) is 0 Å². The second-order valence-electron chi connectivity index (χ2n) is 4.05. The van der Waals surface area contributed by atoms with E-state index in [9.17, 15) is 18.0 Å². The molecule has 1 aliphatic rings. The quantitative estimate of drug-likeness (QED) is 0.796. The second-order valence-corrected chi connectivity index (χ2v) is 4.05. The third kappa shape index (κ3) is 2.76. The molecule has 1 atom stereocenters. The minimum Gasteiger partial charge on any atom is -0.337 e. The highest BCUT2D eigenvalue weighted by molar-refractivity contribution is 5.94. The van der Waals surface area contributed by atoms with Crippen molar-refractivity contribution >= 4 is 18.3 Å². The lowest BCUT2D eigenvalue weighted by Crippen LogP contribution is -2.32. The zero-order valence-electron chi connectivity index (χ0n) is 9.33. The van der Waals surface area contributed by atoms with Crippen LogP contribution in [0, 0.1) is 17.5 Å². The molecule has 1 amide bonds. The second kappa shape index (κ2) is 5.58. The molecule has 0 saturated carbocycles. The van der Waals surface area contributed by atoms with Crippen LogP contribution in [0.25, 0.3) is 0 Å². The van der Waals surface area contributed by atoms with E-state index < -0.39 is 23.4 Å². The van der Waals surface area contributed by atoms with Crippen LogP contribution in [-0.4, -0.2) is 29.9 Å². The first-order valence-electron chi connectivity index (χ1n) is 5.18. The monoisotopic (exact) mass is 280 g/mol.